The highest BCUT2D eigenvalue weighted by Crippen LogP contribution is 2.35. The molecule has 0 radical (unpaired) electrons. The third kappa shape index (κ3) is 2.18. The van der Waals surface area contributed by atoms with Crippen LogP contribution < -0.4 is 4.90 Å². The minimum Gasteiger partial charge on any atom is -0.374 e. The van der Waals surface area contributed by atoms with E-state index in [4.69, 9.17) is 16.3 Å². The van der Waals surface area contributed by atoms with E-state index in [9.17, 15) is 0 Å². The van der Waals surface area contributed by atoms with Gasteiger partial charge in [0.15, 0.2) is 0 Å². The van der Waals surface area contributed by atoms with Crippen LogP contribution in [0.4, 0.5) is 5.82 Å². The molecule has 5 heteroatoms. The first-order valence-electron chi connectivity index (χ1n) is 5.95. The Bertz CT molecular complexity index is 429. The molecule has 2 heterocycles. The molecule has 1 aromatic rings. The van der Waals surface area contributed by atoms with E-state index in [1.54, 1.807) is 6.20 Å². The minimum atomic E-state index is 0.383. The second-order valence-electron chi connectivity index (χ2n) is 4.56. The fraction of sp³-hybridized carbons (Fsp3) is 0.583. The number of morpholine rings is 1. The van der Waals surface area contributed by atoms with Crippen molar-refractivity contribution in [3.63, 3.8) is 0 Å². The fourth-order valence-corrected chi connectivity index (χ4v) is 3.67. The van der Waals surface area contributed by atoms with Crippen LogP contribution in [0.2, 0.25) is 5.02 Å². The van der Waals surface area contributed by atoms with Gasteiger partial charge in [0.25, 0.3) is 0 Å². The fourth-order valence-electron chi connectivity index (χ4n) is 2.81. The molecule has 0 spiro atoms. The Morgan fingerprint density at radius 2 is 2.35 bits per heavy atom. The molecular weight excluding hydrogens is 304 g/mol. The molecule has 0 aromatic carbocycles. The van der Waals surface area contributed by atoms with Crippen molar-refractivity contribution >= 4 is 33.3 Å². The van der Waals surface area contributed by atoms with Gasteiger partial charge in [-0.2, -0.15) is 0 Å². The summed E-state index contributed by atoms with van der Waals surface area (Å²) in [7, 11) is 0. The average molecular weight is 318 g/mol. The Balaban J connectivity index is 1.91. The summed E-state index contributed by atoms with van der Waals surface area (Å²) in [6, 6.07) is 2.39. The standard InChI is InChI=1S/C12H14BrClN2O/c13-9-6-8(14)7-15-12(9)16-4-5-17-11-3-1-2-10(11)16/h6-7,10-11H,1-5H2. The number of fused-ring (bicyclic) bond motifs is 1. The Labute approximate surface area is 114 Å². The van der Waals surface area contributed by atoms with Crippen molar-refractivity contribution in [1.82, 2.24) is 4.98 Å². The van der Waals surface area contributed by atoms with E-state index in [2.05, 4.69) is 25.8 Å². The molecule has 0 N–H and O–H groups in total. The van der Waals surface area contributed by atoms with Crippen LogP contribution in [0.25, 0.3) is 0 Å². The van der Waals surface area contributed by atoms with E-state index in [0.717, 1.165) is 23.4 Å². The van der Waals surface area contributed by atoms with Crippen molar-refractivity contribution in [3.05, 3.63) is 21.8 Å². The molecule has 1 aromatic heterocycles. The largest absolute Gasteiger partial charge is 0.374 e. The zero-order chi connectivity index (χ0) is 11.8. The van der Waals surface area contributed by atoms with E-state index >= 15 is 0 Å². The summed E-state index contributed by atoms with van der Waals surface area (Å²) in [5, 5.41) is 0.664. The maximum Gasteiger partial charge on any atom is 0.143 e. The van der Waals surface area contributed by atoms with Crippen molar-refractivity contribution in [3.8, 4) is 0 Å². The monoisotopic (exact) mass is 316 g/mol. The second-order valence-corrected chi connectivity index (χ2v) is 5.85. The second kappa shape index (κ2) is 4.75. The zero-order valence-electron chi connectivity index (χ0n) is 9.40. The summed E-state index contributed by atoms with van der Waals surface area (Å²) in [4.78, 5) is 6.82. The van der Waals surface area contributed by atoms with Gasteiger partial charge in [0.05, 0.1) is 28.2 Å². The van der Waals surface area contributed by atoms with E-state index in [1.165, 1.54) is 19.3 Å². The summed E-state index contributed by atoms with van der Waals surface area (Å²) in [5.74, 6) is 0.995. The average Bonchev–Trinajstić information content (AvgIpc) is 2.77. The molecule has 1 aliphatic heterocycles. The van der Waals surface area contributed by atoms with Crippen LogP contribution in [-0.4, -0.2) is 30.3 Å². The van der Waals surface area contributed by atoms with Gasteiger partial charge >= 0.3 is 0 Å². The lowest BCUT2D eigenvalue weighted by atomic mass is 10.1. The molecule has 2 atom stereocenters. The number of halogens is 2. The minimum absolute atomic E-state index is 0.383. The van der Waals surface area contributed by atoms with Crippen LogP contribution in [0, 0.1) is 0 Å². The molecule has 3 nitrogen and oxygen atoms in total. The summed E-state index contributed by atoms with van der Waals surface area (Å²) in [5.41, 5.74) is 0. The molecule has 2 fully saturated rings. The van der Waals surface area contributed by atoms with E-state index < -0.39 is 0 Å². The molecule has 0 amide bonds. The molecule has 17 heavy (non-hydrogen) atoms. The number of pyridine rings is 1. The van der Waals surface area contributed by atoms with Gasteiger partial charge in [0.2, 0.25) is 0 Å². The Kier molecular flexibility index (Phi) is 3.28. The highest BCUT2D eigenvalue weighted by molar-refractivity contribution is 9.10. The molecule has 1 saturated heterocycles. The van der Waals surface area contributed by atoms with Crippen molar-refractivity contribution in [2.24, 2.45) is 0 Å². The lowest BCUT2D eigenvalue weighted by Crippen LogP contribution is -2.49. The van der Waals surface area contributed by atoms with Gasteiger partial charge in [0, 0.05) is 12.7 Å². The molecule has 1 aliphatic carbocycles. The predicted octanol–water partition coefficient (Wildman–Crippen LogP) is 3.26. The van der Waals surface area contributed by atoms with Crippen molar-refractivity contribution in [2.75, 3.05) is 18.1 Å². The Hall–Kier alpha value is -0.320. The van der Waals surface area contributed by atoms with Crippen molar-refractivity contribution in [1.29, 1.82) is 0 Å². The molecular formula is C12H14BrClN2O. The number of aromatic nitrogens is 1. The van der Waals surface area contributed by atoms with E-state index in [-0.39, 0.29) is 0 Å². The van der Waals surface area contributed by atoms with E-state index in [1.807, 2.05) is 6.07 Å². The van der Waals surface area contributed by atoms with E-state index in [0.29, 0.717) is 17.2 Å². The number of ether oxygens (including phenoxy) is 1. The highest BCUT2D eigenvalue weighted by atomic mass is 79.9. The molecule has 2 unspecified atom stereocenters. The Morgan fingerprint density at radius 1 is 1.47 bits per heavy atom. The summed E-state index contributed by atoms with van der Waals surface area (Å²) in [6.07, 6.45) is 5.71. The summed E-state index contributed by atoms with van der Waals surface area (Å²) >= 11 is 9.48. The normalized spacial score (nSPS) is 28.2. The van der Waals surface area contributed by atoms with Gasteiger partial charge in [-0.1, -0.05) is 11.6 Å². The van der Waals surface area contributed by atoms with Crippen molar-refractivity contribution < 1.29 is 4.74 Å². The van der Waals surface area contributed by atoms with Gasteiger partial charge in [-0.15, -0.1) is 0 Å². The first-order valence-corrected chi connectivity index (χ1v) is 7.12. The summed E-state index contributed by atoms with van der Waals surface area (Å²) in [6.45, 7) is 1.70. The number of hydrogen-bond donors (Lipinski definition) is 0. The van der Waals surface area contributed by atoms with Gasteiger partial charge in [-0.05, 0) is 41.3 Å². The molecule has 2 aliphatic rings. The summed E-state index contributed by atoms with van der Waals surface area (Å²) < 4.78 is 6.78. The van der Waals surface area contributed by atoms with Crippen LogP contribution in [0.1, 0.15) is 19.3 Å². The number of rotatable bonds is 1. The van der Waals surface area contributed by atoms with Gasteiger partial charge < -0.3 is 9.64 Å². The predicted molar refractivity (Wildman–Crippen MR) is 71.7 cm³/mol. The van der Waals surface area contributed by atoms with Crippen LogP contribution in [0.5, 0.6) is 0 Å². The lowest BCUT2D eigenvalue weighted by molar-refractivity contribution is 0.0252. The first kappa shape index (κ1) is 11.8. The van der Waals surface area contributed by atoms with Gasteiger partial charge in [-0.3, -0.25) is 0 Å². The maximum absolute atomic E-state index is 5.93. The molecule has 92 valence electrons. The maximum atomic E-state index is 5.93. The Morgan fingerprint density at radius 3 is 3.18 bits per heavy atom. The third-order valence-electron chi connectivity index (χ3n) is 3.54. The van der Waals surface area contributed by atoms with Crippen LogP contribution in [-0.2, 0) is 4.74 Å². The molecule has 1 saturated carbocycles. The van der Waals surface area contributed by atoms with Gasteiger partial charge in [-0.25, -0.2) is 4.98 Å². The highest BCUT2D eigenvalue weighted by Gasteiger charge is 2.37. The van der Waals surface area contributed by atoms with Crippen LogP contribution in [0.3, 0.4) is 0 Å². The number of hydrogen-bond acceptors (Lipinski definition) is 3. The number of anilines is 1. The van der Waals surface area contributed by atoms with Crippen LogP contribution >= 0.6 is 27.5 Å². The molecule has 0 bridgehead atoms. The van der Waals surface area contributed by atoms with Crippen molar-refractivity contribution in [2.45, 2.75) is 31.4 Å². The topological polar surface area (TPSA) is 25.4 Å². The first-order chi connectivity index (χ1) is 8.25. The third-order valence-corrected chi connectivity index (χ3v) is 4.33. The molecule has 3 rings (SSSR count). The van der Waals surface area contributed by atoms with Gasteiger partial charge in [0.1, 0.15) is 5.82 Å². The smallest absolute Gasteiger partial charge is 0.143 e. The van der Waals surface area contributed by atoms with Crippen LogP contribution in [0.15, 0.2) is 16.7 Å². The lowest BCUT2D eigenvalue weighted by Gasteiger charge is -2.38. The quantitative estimate of drug-likeness (QED) is 0.795. The number of nitrogens with zero attached hydrogens (tertiary/aromatic N) is 2. The zero-order valence-corrected chi connectivity index (χ0v) is 11.7. The SMILES string of the molecule is Clc1cnc(N2CCOC3CCCC32)c(Br)c1.